The van der Waals surface area contributed by atoms with Crippen LogP contribution in [0.15, 0.2) is 22.9 Å². The maximum absolute atomic E-state index is 11.8. The first-order valence-corrected chi connectivity index (χ1v) is 6.03. The van der Waals surface area contributed by atoms with E-state index in [9.17, 15) is 9.59 Å². The maximum Gasteiger partial charge on any atom is 0.245 e. The number of nitrogens with one attached hydrogen (secondary N) is 1. The molecule has 6 heteroatoms. The summed E-state index contributed by atoms with van der Waals surface area (Å²) in [6.07, 6.45) is 3.37. The van der Waals surface area contributed by atoms with Crippen LogP contribution in [0.2, 0.25) is 0 Å². The lowest BCUT2D eigenvalue weighted by atomic mass is 10.2. The average molecular weight is 298 g/mol. The summed E-state index contributed by atoms with van der Waals surface area (Å²) in [7, 11) is 0. The van der Waals surface area contributed by atoms with Crippen molar-refractivity contribution in [3.63, 3.8) is 0 Å². The van der Waals surface area contributed by atoms with Crippen LogP contribution in [-0.4, -0.2) is 34.3 Å². The molecule has 1 saturated heterocycles. The van der Waals surface area contributed by atoms with Gasteiger partial charge in [0.25, 0.3) is 0 Å². The minimum absolute atomic E-state index is 0.0652. The van der Waals surface area contributed by atoms with E-state index in [4.69, 9.17) is 0 Å². The second kappa shape index (κ2) is 4.83. The van der Waals surface area contributed by atoms with Crippen LogP contribution in [0, 0.1) is 0 Å². The summed E-state index contributed by atoms with van der Waals surface area (Å²) in [6, 6.07) is 1.44. The summed E-state index contributed by atoms with van der Waals surface area (Å²) in [4.78, 5) is 28.8. The number of rotatable bonds is 2. The molecule has 1 N–H and O–H groups in total. The van der Waals surface area contributed by atoms with E-state index < -0.39 is 6.04 Å². The highest BCUT2D eigenvalue weighted by atomic mass is 79.9. The molecule has 5 nitrogen and oxygen atoms in total. The van der Waals surface area contributed by atoms with E-state index in [1.165, 1.54) is 4.90 Å². The first-order valence-electron chi connectivity index (χ1n) is 5.24. The maximum atomic E-state index is 11.8. The van der Waals surface area contributed by atoms with E-state index in [1.807, 2.05) is 6.07 Å². The summed E-state index contributed by atoms with van der Waals surface area (Å²) in [5.41, 5.74) is 0.898. The fourth-order valence-electron chi connectivity index (χ4n) is 1.77. The van der Waals surface area contributed by atoms with Crippen LogP contribution in [0.4, 0.5) is 0 Å². The van der Waals surface area contributed by atoms with E-state index in [-0.39, 0.29) is 18.4 Å². The van der Waals surface area contributed by atoms with Crippen molar-refractivity contribution < 1.29 is 9.59 Å². The highest BCUT2D eigenvalue weighted by Gasteiger charge is 2.29. The van der Waals surface area contributed by atoms with Crippen molar-refractivity contribution in [1.29, 1.82) is 0 Å². The Kier molecular flexibility index (Phi) is 3.42. The number of carbonyl (C=O) groups is 2. The van der Waals surface area contributed by atoms with Crippen molar-refractivity contribution in [1.82, 2.24) is 15.2 Å². The quantitative estimate of drug-likeness (QED) is 0.874. The topological polar surface area (TPSA) is 62.3 Å². The van der Waals surface area contributed by atoms with Gasteiger partial charge in [0.2, 0.25) is 11.8 Å². The molecular weight excluding hydrogens is 286 g/mol. The van der Waals surface area contributed by atoms with E-state index in [1.54, 1.807) is 19.3 Å². The van der Waals surface area contributed by atoms with Gasteiger partial charge in [-0.2, -0.15) is 0 Å². The molecule has 1 aliphatic rings. The molecule has 0 radical (unpaired) electrons. The van der Waals surface area contributed by atoms with Crippen molar-refractivity contribution in [2.24, 2.45) is 0 Å². The number of aromatic nitrogens is 1. The van der Waals surface area contributed by atoms with E-state index in [2.05, 4.69) is 26.2 Å². The van der Waals surface area contributed by atoms with Gasteiger partial charge < -0.3 is 10.2 Å². The van der Waals surface area contributed by atoms with Gasteiger partial charge in [0.15, 0.2) is 0 Å². The number of halogens is 1. The number of hydrogen-bond donors (Lipinski definition) is 1. The molecule has 90 valence electrons. The second-order valence-corrected chi connectivity index (χ2v) is 4.91. The minimum Gasteiger partial charge on any atom is -0.343 e. The molecule has 0 bridgehead atoms. The van der Waals surface area contributed by atoms with E-state index >= 15 is 0 Å². The molecule has 1 fully saturated rings. The van der Waals surface area contributed by atoms with Crippen molar-refractivity contribution in [3.8, 4) is 0 Å². The zero-order valence-electron chi connectivity index (χ0n) is 9.31. The third-order valence-electron chi connectivity index (χ3n) is 2.53. The third-order valence-corrected chi connectivity index (χ3v) is 2.96. The molecule has 17 heavy (non-hydrogen) atoms. The Bertz CT molecular complexity index is 464. The number of nitrogens with zero attached hydrogens (tertiary/aromatic N) is 2. The first kappa shape index (κ1) is 12.0. The third kappa shape index (κ3) is 2.82. The standard InChI is InChI=1S/C11H12BrN3O2/c1-7-11(17)15(6-10(16)14-7)5-8-2-9(12)4-13-3-8/h2-4,7H,5-6H2,1H3,(H,14,16). The predicted octanol–water partition coefficient (Wildman–Crippen LogP) is 0.691. The van der Waals surface area contributed by atoms with E-state index in [0.717, 1.165) is 10.0 Å². The summed E-state index contributed by atoms with van der Waals surface area (Å²) in [5, 5.41) is 2.60. The molecule has 2 heterocycles. The van der Waals surface area contributed by atoms with Crippen LogP contribution in [-0.2, 0) is 16.1 Å². The summed E-state index contributed by atoms with van der Waals surface area (Å²) < 4.78 is 0.858. The Morgan fingerprint density at radius 2 is 2.29 bits per heavy atom. The predicted molar refractivity (Wildman–Crippen MR) is 65.0 cm³/mol. The van der Waals surface area contributed by atoms with Gasteiger partial charge in [0.1, 0.15) is 6.04 Å². The summed E-state index contributed by atoms with van der Waals surface area (Å²) >= 11 is 3.32. The molecule has 1 aromatic rings. The molecule has 0 spiro atoms. The Morgan fingerprint density at radius 1 is 1.53 bits per heavy atom. The van der Waals surface area contributed by atoms with Gasteiger partial charge in [-0.15, -0.1) is 0 Å². The van der Waals surface area contributed by atoms with Gasteiger partial charge in [-0.25, -0.2) is 0 Å². The molecule has 0 saturated carbocycles. The largest absolute Gasteiger partial charge is 0.343 e. The molecule has 1 unspecified atom stereocenters. The molecular formula is C11H12BrN3O2. The molecule has 1 aromatic heterocycles. The molecule has 1 atom stereocenters. The number of amides is 2. The average Bonchev–Trinajstić information content (AvgIpc) is 2.25. The fraction of sp³-hybridized carbons (Fsp3) is 0.364. The summed E-state index contributed by atoms with van der Waals surface area (Å²) in [6.45, 7) is 2.20. The molecule has 1 aliphatic heterocycles. The van der Waals surface area contributed by atoms with Crippen LogP contribution in [0.1, 0.15) is 12.5 Å². The van der Waals surface area contributed by atoms with Crippen LogP contribution >= 0.6 is 15.9 Å². The van der Waals surface area contributed by atoms with Crippen molar-refractivity contribution in [2.45, 2.75) is 19.5 Å². The van der Waals surface area contributed by atoms with Gasteiger partial charge in [0.05, 0.1) is 6.54 Å². The Balaban J connectivity index is 2.12. The van der Waals surface area contributed by atoms with Crippen molar-refractivity contribution >= 4 is 27.7 Å². The van der Waals surface area contributed by atoms with Gasteiger partial charge in [-0.1, -0.05) is 0 Å². The van der Waals surface area contributed by atoms with Crippen molar-refractivity contribution in [3.05, 3.63) is 28.5 Å². The molecule has 2 rings (SSSR count). The second-order valence-electron chi connectivity index (χ2n) is 3.99. The van der Waals surface area contributed by atoms with Crippen LogP contribution < -0.4 is 5.32 Å². The van der Waals surface area contributed by atoms with Gasteiger partial charge >= 0.3 is 0 Å². The van der Waals surface area contributed by atoms with Crippen LogP contribution in [0.5, 0.6) is 0 Å². The highest BCUT2D eigenvalue weighted by molar-refractivity contribution is 9.10. The normalized spacial score (nSPS) is 20.4. The lowest BCUT2D eigenvalue weighted by Crippen LogP contribution is -2.56. The van der Waals surface area contributed by atoms with Gasteiger partial charge in [-0.05, 0) is 34.5 Å². The number of piperazine rings is 1. The van der Waals surface area contributed by atoms with Crippen LogP contribution in [0.3, 0.4) is 0 Å². The zero-order chi connectivity index (χ0) is 12.4. The highest BCUT2D eigenvalue weighted by Crippen LogP contribution is 2.13. The monoisotopic (exact) mass is 297 g/mol. The minimum atomic E-state index is -0.448. The van der Waals surface area contributed by atoms with E-state index in [0.29, 0.717) is 6.54 Å². The zero-order valence-corrected chi connectivity index (χ0v) is 10.9. The summed E-state index contributed by atoms with van der Waals surface area (Å²) in [5.74, 6) is -0.190. The Hall–Kier alpha value is -1.43. The Morgan fingerprint density at radius 3 is 3.00 bits per heavy atom. The SMILES string of the molecule is CC1NC(=O)CN(Cc2cncc(Br)c2)C1=O. The van der Waals surface area contributed by atoms with Crippen LogP contribution in [0.25, 0.3) is 0 Å². The first-order chi connectivity index (χ1) is 8.06. The number of carbonyl (C=O) groups excluding carboxylic acids is 2. The lowest BCUT2D eigenvalue weighted by Gasteiger charge is -2.30. The number of hydrogen-bond acceptors (Lipinski definition) is 3. The lowest BCUT2D eigenvalue weighted by molar-refractivity contribution is -0.144. The van der Waals surface area contributed by atoms with Crippen molar-refractivity contribution in [2.75, 3.05) is 6.54 Å². The van der Waals surface area contributed by atoms with Gasteiger partial charge in [0, 0.05) is 23.4 Å². The number of pyridine rings is 1. The molecule has 2 amide bonds. The fourth-order valence-corrected chi connectivity index (χ4v) is 2.18. The van der Waals surface area contributed by atoms with Gasteiger partial charge in [-0.3, -0.25) is 14.6 Å². The molecule has 0 aromatic carbocycles. The molecule has 0 aliphatic carbocycles. The Labute approximate surface area is 107 Å². The smallest absolute Gasteiger partial charge is 0.245 e.